The lowest BCUT2D eigenvalue weighted by molar-refractivity contribution is -0.149. The van der Waals surface area contributed by atoms with Crippen molar-refractivity contribution in [1.29, 1.82) is 0 Å². The summed E-state index contributed by atoms with van der Waals surface area (Å²) in [6, 6.07) is 0. The molecule has 0 spiro atoms. The number of aliphatic hydroxyl groups is 1. The number of esters is 1. The molecule has 0 aromatic heterocycles. The summed E-state index contributed by atoms with van der Waals surface area (Å²) >= 11 is 0. The molecule has 0 aliphatic rings. The molecule has 0 radical (unpaired) electrons. The molecule has 0 aliphatic carbocycles. The van der Waals surface area contributed by atoms with Crippen LogP contribution >= 0.6 is 0 Å². The second-order valence-electron chi connectivity index (χ2n) is 4.03. The Hall–Kier alpha value is -0.570. The number of carbonyl (C=O) groups excluding carboxylic acids is 1. The number of aliphatic hydroxyl groups excluding tert-OH is 1. The lowest BCUT2D eigenvalue weighted by Crippen LogP contribution is -2.19. The number of rotatable bonds is 5. The molecular weight excluding hydrogens is 168 g/mol. The van der Waals surface area contributed by atoms with Crippen LogP contribution in [0, 0.1) is 5.92 Å². The van der Waals surface area contributed by atoms with Crippen molar-refractivity contribution < 1.29 is 14.6 Å². The van der Waals surface area contributed by atoms with Crippen LogP contribution in [-0.2, 0) is 9.53 Å². The van der Waals surface area contributed by atoms with Crippen molar-refractivity contribution >= 4 is 5.97 Å². The van der Waals surface area contributed by atoms with Crippen LogP contribution in [0.3, 0.4) is 0 Å². The Kier molecular flexibility index (Phi) is 5.71. The highest BCUT2D eigenvalue weighted by Gasteiger charge is 2.14. The van der Waals surface area contributed by atoms with E-state index in [-0.39, 0.29) is 18.5 Å². The summed E-state index contributed by atoms with van der Waals surface area (Å²) in [5.74, 6) is 0.0880. The van der Waals surface area contributed by atoms with E-state index in [1.807, 2.05) is 13.8 Å². The van der Waals surface area contributed by atoms with Gasteiger partial charge in [0.05, 0.1) is 18.6 Å². The monoisotopic (exact) mass is 188 g/mol. The predicted molar refractivity (Wildman–Crippen MR) is 51.3 cm³/mol. The molecule has 13 heavy (non-hydrogen) atoms. The largest absolute Gasteiger partial charge is 0.463 e. The van der Waals surface area contributed by atoms with Crippen molar-refractivity contribution in [3.8, 4) is 0 Å². The summed E-state index contributed by atoms with van der Waals surface area (Å²) in [5, 5.41) is 9.40. The second-order valence-corrected chi connectivity index (χ2v) is 4.03. The minimum Gasteiger partial charge on any atom is -0.463 e. The molecule has 0 bridgehead atoms. The van der Waals surface area contributed by atoms with Crippen LogP contribution in [0.5, 0.6) is 0 Å². The predicted octanol–water partition coefficient (Wildman–Crippen LogP) is 1.74. The molecule has 3 nitrogen and oxygen atoms in total. The number of hydrogen-bond donors (Lipinski definition) is 1. The van der Waals surface area contributed by atoms with E-state index in [9.17, 15) is 9.90 Å². The Morgan fingerprint density at radius 3 is 2.23 bits per heavy atom. The zero-order valence-electron chi connectivity index (χ0n) is 8.91. The molecule has 0 amide bonds. The van der Waals surface area contributed by atoms with Gasteiger partial charge in [-0.2, -0.15) is 0 Å². The van der Waals surface area contributed by atoms with Gasteiger partial charge in [-0.3, -0.25) is 4.79 Å². The van der Waals surface area contributed by atoms with E-state index in [0.717, 1.165) is 0 Å². The quantitative estimate of drug-likeness (QED) is 0.668. The average molecular weight is 188 g/mol. The molecule has 0 saturated heterocycles. The maximum Gasteiger partial charge on any atom is 0.308 e. The Balaban J connectivity index is 3.65. The second kappa shape index (κ2) is 5.97. The third-order valence-corrected chi connectivity index (χ3v) is 1.51. The minimum absolute atomic E-state index is 0.0984. The van der Waals surface area contributed by atoms with Crippen LogP contribution in [-0.4, -0.2) is 23.3 Å². The fourth-order valence-electron chi connectivity index (χ4n) is 1.13. The van der Waals surface area contributed by atoms with Crippen LogP contribution in [0.25, 0.3) is 0 Å². The lowest BCUT2D eigenvalue weighted by Gasteiger charge is -2.13. The van der Waals surface area contributed by atoms with Gasteiger partial charge in [0.25, 0.3) is 0 Å². The average Bonchev–Trinajstić information content (AvgIpc) is 1.80. The van der Waals surface area contributed by atoms with Gasteiger partial charge in [-0.15, -0.1) is 0 Å². The molecule has 0 aliphatic heterocycles. The van der Waals surface area contributed by atoms with Crippen LogP contribution in [0.15, 0.2) is 0 Å². The van der Waals surface area contributed by atoms with Crippen LogP contribution in [0.2, 0.25) is 0 Å². The van der Waals surface area contributed by atoms with E-state index in [2.05, 4.69) is 0 Å². The minimum atomic E-state index is -0.564. The molecule has 0 aromatic carbocycles. The normalized spacial score (nSPS) is 13.5. The van der Waals surface area contributed by atoms with Gasteiger partial charge in [0.15, 0.2) is 0 Å². The summed E-state index contributed by atoms with van der Waals surface area (Å²) in [4.78, 5) is 11.1. The van der Waals surface area contributed by atoms with Crippen LogP contribution < -0.4 is 0 Å². The lowest BCUT2D eigenvalue weighted by atomic mass is 10.0. The Morgan fingerprint density at radius 1 is 1.31 bits per heavy atom. The maximum absolute atomic E-state index is 11.1. The van der Waals surface area contributed by atoms with E-state index >= 15 is 0 Å². The van der Waals surface area contributed by atoms with Crippen LogP contribution in [0.1, 0.15) is 40.5 Å². The van der Waals surface area contributed by atoms with Crippen molar-refractivity contribution in [2.24, 2.45) is 5.92 Å². The van der Waals surface area contributed by atoms with Gasteiger partial charge in [0, 0.05) is 0 Å². The molecule has 0 aromatic rings. The fraction of sp³-hybridized carbons (Fsp3) is 0.900. The number of ether oxygens (including phenoxy) is 1. The van der Waals surface area contributed by atoms with Gasteiger partial charge in [0.1, 0.15) is 0 Å². The first-order valence-electron chi connectivity index (χ1n) is 4.79. The highest BCUT2D eigenvalue weighted by atomic mass is 16.5. The Bertz CT molecular complexity index is 152. The van der Waals surface area contributed by atoms with E-state index in [0.29, 0.717) is 12.3 Å². The molecule has 1 N–H and O–H groups in total. The zero-order valence-corrected chi connectivity index (χ0v) is 8.91. The Labute approximate surface area is 80.1 Å². The van der Waals surface area contributed by atoms with Crippen molar-refractivity contribution in [2.75, 3.05) is 0 Å². The summed E-state index contributed by atoms with van der Waals surface area (Å²) in [7, 11) is 0. The molecule has 78 valence electrons. The van der Waals surface area contributed by atoms with E-state index in [4.69, 9.17) is 4.74 Å². The summed E-state index contributed by atoms with van der Waals surface area (Å²) in [6.45, 7) is 7.62. The zero-order chi connectivity index (χ0) is 10.4. The first-order valence-corrected chi connectivity index (χ1v) is 4.79. The topological polar surface area (TPSA) is 46.5 Å². The third-order valence-electron chi connectivity index (χ3n) is 1.51. The molecule has 0 saturated carbocycles. The van der Waals surface area contributed by atoms with Crippen molar-refractivity contribution in [2.45, 2.75) is 52.7 Å². The molecule has 0 fully saturated rings. The van der Waals surface area contributed by atoms with Gasteiger partial charge in [-0.1, -0.05) is 13.8 Å². The molecule has 0 heterocycles. The van der Waals surface area contributed by atoms with Gasteiger partial charge in [0.2, 0.25) is 0 Å². The van der Waals surface area contributed by atoms with Crippen molar-refractivity contribution in [1.82, 2.24) is 0 Å². The highest BCUT2D eigenvalue weighted by molar-refractivity contribution is 5.70. The SMILES string of the molecule is CC(C)CC(O)CC(=O)OC(C)C. The first kappa shape index (κ1) is 12.4. The standard InChI is InChI=1S/C10H20O3/c1-7(2)5-9(11)6-10(12)13-8(3)4/h7-9,11H,5-6H2,1-4H3. The molecule has 1 unspecified atom stereocenters. The number of hydrogen-bond acceptors (Lipinski definition) is 3. The van der Waals surface area contributed by atoms with Gasteiger partial charge in [-0.25, -0.2) is 0 Å². The summed E-state index contributed by atoms with van der Waals surface area (Å²) < 4.78 is 4.90. The van der Waals surface area contributed by atoms with Gasteiger partial charge in [-0.05, 0) is 26.2 Å². The fourth-order valence-corrected chi connectivity index (χ4v) is 1.13. The highest BCUT2D eigenvalue weighted by Crippen LogP contribution is 2.08. The molecular formula is C10H20O3. The Morgan fingerprint density at radius 2 is 1.85 bits per heavy atom. The van der Waals surface area contributed by atoms with Crippen LogP contribution in [0.4, 0.5) is 0 Å². The van der Waals surface area contributed by atoms with E-state index in [1.165, 1.54) is 0 Å². The summed E-state index contributed by atoms with van der Waals surface area (Å²) in [5.41, 5.74) is 0. The van der Waals surface area contributed by atoms with Gasteiger partial charge >= 0.3 is 5.97 Å². The van der Waals surface area contributed by atoms with Crippen molar-refractivity contribution in [3.05, 3.63) is 0 Å². The molecule has 3 heteroatoms. The third kappa shape index (κ3) is 7.78. The smallest absolute Gasteiger partial charge is 0.308 e. The number of carbonyl (C=O) groups is 1. The molecule has 0 rings (SSSR count). The van der Waals surface area contributed by atoms with E-state index in [1.54, 1.807) is 13.8 Å². The summed E-state index contributed by atoms with van der Waals surface area (Å²) in [6.07, 6.45) is 0.0915. The van der Waals surface area contributed by atoms with E-state index < -0.39 is 6.10 Å². The first-order chi connectivity index (χ1) is 5.91. The molecule has 1 atom stereocenters. The maximum atomic E-state index is 11.1. The van der Waals surface area contributed by atoms with Gasteiger partial charge < -0.3 is 9.84 Å². The van der Waals surface area contributed by atoms with Crippen molar-refractivity contribution in [3.63, 3.8) is 0 Å².